The van der Waals surface area contributed by atoms with Crippen LogP contribution < -0.4 is 0 Å². The van der Waals surface area contributed by atoms with Gasteiger partial charge in [-0.15, -0.1) is 0 Å². The Morgan fingerprint density at radius 3 is 2.55 bits per heavy atom. The Kier molecular flexibility index (Phi) is 6.01. The first-order chi connectivity index (χ1) is 9.40. The van der Waals surface area contributed by atoms with Crippen LogP contribution in [0, 0.1) is 13.8 Å². The van der Waals surface area contributed by atoms with Gasteiger partial charge in [-0.2, -0.15) is 0 Å². The number of carbonyl (C=O) groups is 2. The molecular formula is C14H19NO4S. The SMILES string of the molecule is CCOC(=O)C(CC)Sc1nc(C)cc(C)c1C(=O)O. The molecule has 0 spiro atoms. The summed E-state index contributed by atoms with van der Waals surface area (Å²) in [7, 11) is 0. The van der Waals surface area contributed by atoms with E-state index in [9.17, 15) is 14.7 Å². The number of hydrogen-bond acceptors (Lipinski definition) is 5. The summed E-state index contributed by atoms with van der Waals surface area (Å²) in [4.78, 5) is 27.4. The molecule has 0 aliphatic carbocycles. The first-order valence-electron chi connectivity index (χ1n) is 6.45. The zero-order valence-corrected chi connectivity index (χ0v) is 12.9. The lowest BCUT2D eigenvalue weighted by molar-refractivity contribution is -0.142. The second-order valence-electron chi connectivity index (χ2n) is 4.33. The number of aromatic nitrogens is 1. The van der Waals surface area contributed by atoms with Crippen molar-refractivity contribution in [3.8, 4) is 0 Å². The fourth-order valence-electron chi connectivity index (χ4n) is 1.82. The van der Waals surface area contributed by atoms with Crippen LogP contribution in [0.25, 0.3) is 0 Å². The van der Waals surface area contributed by atoms with Gasteiger partial charge in [-0.25, -0.2) is 9.78 Å². The van der Waals surface area contributed by atoms with Crippen LogP contribution >= 0.6 is 11.8 Å². The average Bonchev–Trinajstić information content (AvgIpc) is 2.34. The Labute approximate surface area is 122 Å². The molecule has 0 saturated heterocycles. The molecule has 1 atom stereocenters. The van der Waals surface area contributed by atoms with Crippen molar-refractivity contribution in [3.05, 3.63) is 22.9 Å². The number of pyridine rings is 1. The zero-order valence-electron chi connectivity index (χ0n) is 12.1. The van der Waals surface area contributed by atoms with Gasteiger partial charge in [0.25, 0.3) is 0 Å². The van der Waals surface area contributed by atoms with Crippen molar-refractivity contribution in [1.29, 1.82) is 0 Å². The minimum absolute atomic E-state index is 0.156. The molecule has 1 unspecified atom stereocenters. The van der Waals surface area contributed by atoms with E-state index in [1.54, 1.807) is 26.8 Å². The Morgan fingerprint density at radius 2 is 2.05 bits per heavy atom. The summed E-state index contributed by atoms with van der Waals surface area (Å²) in [5, 5.41) is 9.22. The molecule has 0 aromatic carbocycles. The molecular weight excluding hydrogens is 278 g/mol. The summed E-state index contributed by atoms with van der Waals surface area (Å²) in [6.45, 7) is 7.44. The van der Waals surface area contributed by atoms with Crippen LogP contribution in [0.4, 0.5) is 0 Å². The van der Waals surface area contributed by atoms with E-state index in [0.717, 1.165) is 17.5 Å². The number of carboxylic acids is 1. The van der Waals surface area contributed by atoms with Crippen LogP contribution in [0.15, 0.2) is 11.1 Å². The van der Waals surface area contributed by atoms with Crippen LogP contribution in [-0.2, 0) is 9.53 Å². The number of carboxylic acid groups (broad SMARTS) is 1. The number of carbonyl (C=O) groups excluding carboxylic acids is 1. The van der Waals surface area contributed by atoms with E-state index in [4.69, 9.17) is 4.74 Å². The first kappa shape index (κ1) is 16.5. The maximum atomic E-state index is 11.8. The van der Waals surface area contributed by atoms with Gasteiger partial charge in [0.2, 0.25) is 0 Å². The van der Waals surface area contributed by atoms with Gasteiger partial charge in [0.05, 0.1) is 12.2 Å². The molecule has 0 saturated carbocycles. The van der Waals surface area contributed by atoms with Crippen molar-refractivity contribution in [2.24, 2.45) is 0 Å². The highest BCUT2D eigenvalue weighted by atomic mass is 32.2. The summed E-state index contributed by atoms with van der Waals surface area (Å²) in [6.07, 6.45) is 0.553. The number of aromatic carboxylic acids is 1. The predicted octanol–water partition coefficient (Wildman–Crippen LogP) is 2.83. The van der Waals surface area contributed by atoms with Crippen molar-refractivity contribution in [2.75, 3.05) is 6.61 Å². The van der Waals surface area contributed by atoms with Crippen molar-refractivity contribution < 1.29 is 19.4 Å². The third kappa shape index (κ3) is 3.96. The Morgan fingerprint density at radius 1 is 1.40 bits per heavy atom. The summed E-state index contributed by atoms with van der Waals surface area (Å²) in [6, 6.07) is 1.72. The van der Waals surface area contributed by atoms with Crippen LogP contribution in [0.5, 0.6) is 0 Å². The first-order valence-corrected chi connectivity index (χ1v) is 7.33. The zero-order chi connectivity index (χ0) is 15.3. The van der Waals surface area contributed by atoms with E-state index in [0.29, 0.717) is 23.6 Å². The highest BCUT2D eigenvalue weighted by Gasteiger charge is 2.24. The number of rotatable bonds is 6. The molecule has 0 bridgehead atoms. The molecule has 20 heavy (non-hydrogen) atoms. The number of aryl methyl sites for hydroxylation is 2. The predicted molar refractivity (Wildman–Crippen MR) is 77.2 cm³/mol. The average molecular weight is 297 g/mol. The summed E-state index contributed by atoms with van der Waals surface area (Å²) < 4.78 is 4.99. The Bertz CT molecular complexity index is 516. The lowest BCUT2D eigenvalue weighted by Crippen LogP contribution is -2.20. The highest BCUT2D eigenvalue weighted by Crippen LogP contribution is 2.30. The number of hydrogen-bond donors (Lipinski definition) is 1. The summed E-state index contributed by atoms with van der Waals surface area (Å²) in [5.41, 5.74) is 1.53. The van der Waals surface area contributed by atoms with Crippen molar-refractivity contribution >= 4 is 23.7 Å². The lowest BCUT2D eigenvalue weighted by atomic mass is 10.1. The third-order valence-electron chi connectivity index (χ3n) is 2.70. The number of esters is 1. The molecule has 0 aliphatic rings. The Hall–Kier alpha value is -1.56. The normalized spacial score (nSPS) is 12.0. The van der Waals surface area contributed by atoms with Gasteiger partial charge < -0.3 is 9.84 Å². The second kappa shape index (κ2) is 7.28. The van der Waals surface area contributed by atoms with Gasteiger partial charge in [-0.3, -0.25) is 4.79 Å². The van der Waals surface area contributed by atoms with Crippen LogP contribution in [0.1, 0.15) is 41.9 Å². The van der Waals surface area contributed by atoms with Crippen molar-refractivity contribution in [3.63, 3.8) is 0 Å². The van der Waals surface area contributed by atoms with Crippen molar-refractivity contribution in [1.82, 2.24) is 4.98 Å². The molecule has 1 heterocycles. The van der Waals surface area contributed by atoms with E-state index < -0.39 is 11.2 Å². The molecule has 1 aromatic rings. The second-order valence-corrected chi connectivity index (χ2v) is 5.52. The maximum absolute atomic E-state index is 11.8. The fourth-order valence-corrected chi connectivity index (χ4v) is 2.98. The standard InChI is InChI=1S/C14H19NO4S/c1-5-10(14(18)19-6-2)20-12-11(13(16)17)8(3)7-9(4)15-12/h7,10H,5-6H2,1-4H3,(H,16,17). The monoisotopic (exact) mass is 297 g/mol. The van der Waals surface area contributed by atoms with E-state index in [1.807, 2.05) is 6.92 Å². The van der Waals surface area contributed by atoms with Gasteiger partial charge in [-0.05, 0) is 38.8 Å². The molecule has 0 radical (unpaired) electrons. The quantitative estimate of drug-likeness (QED) is 0.642. The molecule has 1 rings (SSSR count). The molecule has 0 amide bonds. The maximum Gasteiger partial charge on any atom is 0.338 e. The van der Waals surface area contributed by atoms with Gasteiger partial charge in [0.1, 0.15) is 10.3 Å². The summed E-state index contributed by atoms with van der Waals surface area (Å²) in [5.74, 6) is -1.37. The minimum atomic E-state index is -1.03. The van der Waals surface area contributed by atoms with E-state index >= 15 is 0 Å². The van der Waals surface area contributed by atoms with Gasteiger partial charge in [-0.1, -0.05) is 18.7 Å². The molecule has 0 fully saturated rings. The molecule has 6 heteroatoms. The van der Waals surface area contributed by atoms with E-state index in [2.05, 4.69) is 4.98 Å². The van der Waals surface area contributed by atoms with Crippen LogP contribution in [0.3, 0.4) is 0 Å². The number of ether oxygens (including phenoxy) is 1. The number of thioether (sulfide) groups is 1. The van der Waals surface area contributed by atoms with E-state index in [-0.39, 0.29) is 11.5 Å². The highest BCUT2D eigenvalue weighted by molar-refractivity contribution is 8.00. The Balaban J connectivity index is 3.12. The topological polar surface area (TPSA) is 76.5 Å². The smallest absolute Gasteiger partial charge is 0.338 e. The summed E-state index contributed by atoms with van der Waals surface area (Å²) >= 11 is 1.15. The van der Waals surface area contributed by atoms with Gasteiger partial charge in [0, 0.05) is 5.69 Å². The minimum Gasteiger partial charge on any atom is -0.478 e. The number of nitrogens with zero attached hydrogens (tertiary/aromatic N) is 1. The largest absolute Gasteiger partial charge is 0.478 e. The molecule has 5 nitrogen and oxygen atoms in total. The van der Waals surface area contributed by atoms with E-state index in [1.165, 1.54) is 0 Å². The van der Waals surface area contributed by atoms with Gasteiger partial charge in [0.15, 0.2) is 0 Å². The lowest BCUT2D eigenvalue weighted by Gasteiger charge is -2.15. The van der Waals surface area contributed by atoms with Crippen molar-refractivity contribution in [2.45, 2.75) is 44.4 Å². The molecule has 1 N–H and O–H groups in total. The van der Waals surface area contributed by atoms with Gasteiger partial charge >= 0.3 is 11.9 Å². The molecule has 1 aromatic heterocycles. The third-order valence-corrected chi connectivity index (χ3v) is 4.03. The fraction of sp³-hybridized carbons (Fsp3) is 0.500. The van der Waals surface area contributed by atoms with Crippen LogP contribution in [-0.4, -0.2) is 33.9 Å². The van der Waals surface area contributed by atoms with Crippen LogP contribution in [0.2, 0.25) is 0 Å². The molecule has 110 valence electrons. The molecule has 0 aliphatic heterocycles.